The Balaban J connectivity index is 1.57. The van der Waals surface area contributed by atoms with Crippen LogP contribution in [0.25, 0.3) is 0 Å². The molecule has 1 aliphatic rings. The number of nitrogens with one attached hydrogen (secondary N) is 3. The van der Waals surface area contributed by atoms with Gasteiger partial charge in [-0.2, -0.15) is 5.26 Å². The molecule has 12 heteroatoms. The molecule has 0 radical (unpaired) electrons. The summed E-state index contributed by atoms with van der Waals surface area (Å²) in [5, 5.41) is 22.4. The molecule has 1 amide bonds. The number of thiazole rings is 1. The molecule has 1 aromatic heterocycles. The van der Waals surface area contributed by atoms with Crippen molar-refractivity contribution < 1.29 is 17.9 Å². The first-order valence-electron chi connectivity index (χ1n) is 11.3. The third-order valence-corrected chi connectivity index (χ3v) is 9.00. The summed E-state index contributed by atoms with van der Waals surface area (Å²) in [7, 11) is -2.25. The van der Waals surface area contributed by atoms with Crippen LogP contribution in [0.4, 0.5) is 5.13 Å². The van der Waals surface area contributed by atoms with E-state index in [9.17, 15) is 13.2 Å². The Morgan fingerprint density at radius 3 is 2.56 bits per heavy atom. The van der Waals surface area contributed by atoms with Gasteiger partial charge in [-0.15, -0.1) is 11.3 Å². The summed E-state index contributed by atoms with van der Waals surface area (Å²) in [5.41, 5.74) is 1.52. The second-order valence-corrected chi connectivity index (χ2v) is 12.0. The number of likely N-dealkylation sites (N-methyl/N-ethyl adjacent to an activating group) is 1. The Morgan fingerprint density at radius 2 is 2.03 bits per heavy atom. The van der Waals surface area contributed by atoms with Gasteiger partial charge in [0.25, 0.3) is 0 Å². The van der Waals surface area contributed by atoms with Gasteiger partial charge in [-0.25, -0.2) is 13.4 Å². The van der Waals surface area contributed by atoms with Gasteiger partial charge in [0.2, 0.25) is 21.8 Å². The number of aromatic nitrogens is 1. The van der Waals surface area contributed by atoms with Crippen LogP contribution >= 0.6 is 11.3 Å². The van der Waals surface area contributed by atoms with Gasteiger partial charge in [0.05, 0.1) is 23.4 Å². The normalized spacial score (nSPS) is 15.0. The van der Waals surface area contributed by atoms with Crippen molar-refractivity contribution in [3.05, 3.63) is 59.2 Å². The summed E-state index contributed by atoms with van der Waals surface area (Å²) in [6, 6.07) is 8.59. The third kappa shape index (κ3) is 6.29. The molecule has 192 valence electrons. The van der Waals surface area contributed by atoms with Crippen molar-refractivity contribution in [3.63, 3.8) is 0 Å². The number of hydrogen-bond acceptors (Lipinski definition) is 9. The molecule has 1 aliphatic carbocycles. The molecule has 0 aliphatic heterocycles. The lowest BCUT2D eigenvalue weighted by molar-refractivity contribution is -0.131. The highest BCUT2D eigenvalue weighted by Crippen LogP contribution is 2.44. The number of nitriles is 1. The van der Waals surface area contributed by atoms with Crippen molar-refractivity contribution in [2.45, 2.75) is 44.0 Å². The maximum Gasteiger partial charge on any atom is 0.244 e. The lowest BCUT2D eigenvalue weighted by Gasteiger charge is -2.28. The lowest BCUT2D eigenvalue weighted by atomic mass is 10.0. The van der Waals surface area contributed by atoms with E-state index in [-0.39, 0.29) is 35.2 Å². The summed E-state index contributed by atoms with van der Waals surface area (Å²) in [6.45, 7) is 7.83. The molecule has 3 rings (SSSR count). The highest BCUT2D eigenvalue weighted by molar-refractivity contribution is 7.94. The van der Waals surface area contributed by atoms with Gasteiger partial charge in [-0.1, -0.05) is 32.6 Å². The van der Waals surface area contributed by atoms with E-state index in [1.807, 2.05) is 26.0 Å². The van der Waals surface area contributed by atoms with Crippen LogP contribution in [0.3, 0.4) is 0 Å². The van der Waals surface area contributed by atoms with Crippen LogP contribution in [-0.2, 0) is 26.1 Å². The Hall–Kier alpha value is -3.27. The fourth-order valence-electron chi connectivity index (χ4n) is 3.44. The monoisotopic (exact) mass is 530 g/mol. The highest BCUT2D eigenvalue weighted by atomic mass is 32.2. The van der Waals surface area contributed by atoms with E-state index in [1.165, 1.54) is 29.5 Å². The fraction of sp³-hybridized carbons (Fsp3) is 0.417. The van der Waals surface area contributed by atoms with Crippen LogP contribution in [0, 0.1) is 22.7 Å². The lowest BCUT2D eigenvalue weighted by Crippen LogP contribution is -2.48. The van der Waals surface area contributed by atoms with Crippen LogP contribution < -0.4 is 10.0 Å². The number of ether oxygens (including phenoxy) is 1. The Kier molecular flexibility index (Phi) is 8.50. The Bertz CT molecular complexity index is 1250. The summed E-state index contributed by atoms with van der Waals surface area (Å²) >= 11 is 1.18. The molecule has 1 heterocycles. The van der Waals surface area contributed by atoms with E-state index in [0.717, 1.165) is 5.56 Å². The van der Waals surface area contributed by atoms with Crippen molar-refractivity contribution in [1.29, 1.82) is 10.7 Å². The van der Waals surface area contributed by atoms with E-state index >= 15 is 0 Å². The first kappa shape index (κ1) is 27.3. The molecule has 1 fully saturated rings. The molecule has 1 unspecified atom stereocenters. The van der Waals surface area contributed by atoms with E-state index in [0.29, 0.717) is 24.9 Å². The quantitative estimate of drug-likeness (QED) is 0.282. The van der Waals surface area contributed by atoms with Gasteiger partial charge in [0.1, 0.15) is 11.4 Å². The maximum absolute atomic E-state index is 13.2. The van der Waals surface area contributed by atoms with E-state index in [2.05, 4.69) is 27.7 Å². The first-order chi connectivity index (χ1) is 17.0. The zero-order chi connectivity index (χ0) is 26.5. The van der Waals surface area contributed by atoms with Crippen molar-refractivity contribution >= 4 is 38.3 Å². The number of hydrogen-bond donors (Lipinski definition) is 3. The van der Waals surface area contributed by atoms with E-state index in [1.54, 1.807) is 17.5 Å². The molecule has 1 saturated carbocycles. The molecule has 2 aromatic rings. The predicted octanol–water partition coefficient (Wildman–Crippen LogP) is 3.07. The van der Waals surface area contributed by atoms with Gasteiger partial charge < -0.3 is 15.0 Å². The van der Waals surface area contributed by atoms with E-state index in [4.69, 9.17) is 15.4 Å². The average Bonchev–Trinajstić information content (AvgIpc) is 3.51. The zero-order valence-electron chi connectivity index (χ0n) is 20.4. The smallest absolute Gasteiger partial charge is 0.244 e. The molecule has 3 N–H and O–H groups in total. The van der Waals surface area contributed by atoms with Crippen molar-refractivity contribution in [2.75, 3.05) is 18.4 Å². The number of amides is 1. The van der Waals surface area contributed by atoms with Gasteiger partial charge in [0, 0.05) is 25.2 Å². The minimum atomic E-state index is -3.75. The second-order valence-electron chi connectivity index (χ2n) is 9.00. The number of anilines is 1. The van der Waals surface area contributed by atoms with Crippen LogP contribution in [0.1, 0.15) is 37.8 Å². The summed E-state index contributed by atoms with van der Waals surface area (Å²) in [6.07, 6.45) is 2.31. The molecule has 36 heavy (non-hydrogen) atoms. The SMILES string of the molecule is C=C(C(=N)OCC1(S(=O)(=O)Nc2nccs2)CC1)N(C)C(=O)C(NCc1ccc(C#N)cc1)C(C)C. The first-order valence-corrected chi connectivity index (χ1v) is 13.7. The van der Waals surface area contributed by atoms with Crippen LogP contribution in [0.5, 0.6) is 0 Å². The van der Waals surface area contributed by atoms with Crippen molar-refractivity contribution in [3.8, 4) is 6.07 Å². The van der Waals surface area contributed by atoms with Gasteiger partial charge >= 0.3 is 0 Å². The number of nitrogens with zero attached hydrogens (tertiary/aromatic N) is 3. The van der Waals surface area contributed by atoms with Crippen LogP contribution in [-0.4, -0.2) is 54.6 Å². The topological polar surface area (TPSA) is 148 Å². The summed E-state index contributed by atoms with van der Waals surface area (Å²) in [5.74, 6) is -0.717. The van der Waals surface area contributed by atoms with Crippen LogP contribution in [0.2, 0.25) is 0 Å². The zero-order valence-corrected chi connectivity index (χ0v) is 22.1. The number of benzene rings is 1. The molecule has 0 spiro atoms. The second kappa shape index (κ2) is 11.2. The third-order valence-electron chi connectivity index (χ3n) is 6.05. The molecule has 1 atom stereocenters. The molecular formula is C24H30N6O4S2. The number of sulfonamides is 1. The number of rotatable bonds is 12. The average molecular weight is 531 g/mol. The number of carbonyl (C=O) groups is 1. The largest absolute Gasteiger partial charge is 0.475 e. The minimum Gasteiger partial charge on any atom is -0.475 e. The van der Waals surface area contributed by atoms with Crippen LogP contribution in [0.15, 0.2) is 48.1 Å². The van der Waals surface area contributed by atoms with Crippen molar-refractivity contribution in [1.82, 2.24) is 15.2 Å². The highest BCUT2D eigenvalue weighted by Gasteiger charge is 2.56. The van der Waals surface area contributed by atoms with Gasteiger partial charge in [0.15, 0.2) is 5.13 Å². The molecule has 1 aromatic carbocycles. The number of carbonyl (C=O) groups excluding carboxylic acids is 1. The predicted molar refractivity (Wildman–Crippen MR) is 139 cm³/mol. The standard InChI is InChI=1S/C24H30N6O4S2/c1-16(2)20(28-14-19-7-5-18(13-25)6-8-19)22(31)30(4)17(3)21(26)34-15-24(9-10-24)36(32,33)29-23-27-11-12-35-23/h5-8,11-12,16,20,26,28H,3,9-10,14-15H2,1-2,4H3,(H,27,29). The van der Waals surface area contributed by atoms with Gasteiger partial charge in [-0.3, -0.25) is 14.9 Å². The Labute approximate surface area is 215 Å². The fourth-order valence-corrected chi connectivity index (χ4v) is 5.69. The molecular weight excluding hydrogens is 500 g/mol. The minimum absolute atomic E-state index is 0.0342. The molecule has 10 nitrogen and oxygen atoms in total. The molecule has 0 saturated heterocycles. The summed E-state index contributed by atoms with van der Waals surface area (Å²) in [4.78, 5) is 18.4. The summed E-state index contributed by atoms with van der Waals surface area (Å²) < 4.78 is 32.4. The molecule has 0 bridgehead atoms. The van der Waals surface area contributed by atoms with Crippen molar-refractivity contribution in [2.24, 2.45) is 5.92 Å². The van der Waals surface area contributed by atoms with Gasteiger partial charge in [-0.05, 0) is 36.5 Å². The maximum atomic E-state index is 13.2. The Morgan fingerprint density at radius 1 is 1.36 bits per heavy atom. The van der Waals surface area contributed by atoms with E-state index < -0.39 is 20.8 Å².